The van der Waals surface area contributed by atoms with E-state index in [-0.39, 0.29) is 36.3 Å². The van der Waals surface area contributed by atoms with Crippen molar-refractivity contribution in [2.75, 3.05) is 39.3 Å². The molecule has 24 heavy (non-hydrogen) atoms. The summed E-state index contributed by atoms with van der Waals surface area (Å²) in [6, 6.07) is 5.55. The molecule has 0 radical (unpaired) electrons. The number of nitro groups is 1. The maximum atomic E-state index is 12.0. The Morgan fingerprint density at radius 3 is 2.29 bits per heavy atom. The highest BCUT2D eigenvalue weighted by Crippen LogP contribution is 2.13. The summed E-state index contributed by atoms with van der Waals surface area (Å²) < 4.78 is 26.5. The zero-order valence-corrected chi connectivity index (χ0v) is 15.5. The number of benzene rings is 1. The number of halogens is 2. The predicted molar refractivity (Wildman–Crippen MR) is 97.5 cm³/mol. The molecule has 0 spiro atoms. The molecule has 0 aliphatic carbocycles. The Morgan fingerprint density at radius 1 is 1.17 bits per heavy atom. The monoisotopic (exact) mass is 400 g/mol. The van der Waals surface area contributed by atoms with Gasteiger partial charge in [0.15, 0.2) is 0 Å². The van der Waals surface area contributed by atoms with Crippen molar-refractivity contribution in [1.82, 2.24) is 14.9 Å². The van der Waals surface area contributed by atoms with Crippen LogP contribution in [0.5, 0.6) is 0 Å². The second-order valence-corrected chi connectivity index (χ2v) is 6.98. The van der Waals surface area contributed by atoms with E-state index in [0.29, 0.717) is 18.7 Å². The first-order valence-corrected chi connectivity index (χ1v) is 8.75. The lowest BCUT2D eigenvalue weighted by Crippen LogP contribution is -2.46. The van der Waals surface area contributed by atoms with Gasteiger partial charge in [0, 0.05) is 51.4 Å². The van der Waals surface area contributed by atoms with E-state index >= 15 is 0 Å². The molecule has 1 aromatic carbocycles. The van der Waals surface area contributed by atoms with Crippen LogP contribution in [-0.2, 0) is 15.8 Å². The Labute approximate surface area is 154 Å². The molecule has 11 heteroatoms. The second-order valence-electron chi connectivity index (χ2n) is 5.17. The van der Waals surface area contributed by atoms with Crippen LogP contribution < -0.4 is 10.0 Å². The summed E-state index contributed by atoms with van der Waals surface area (Å²) >= 11 is 0. The third-order valence-corrected chi connectivity index (χ3v) is 4.82. The topological polar surface area (TPSA) is 105 Å². The summed E-state index contributed by atoms with van der Waals surface area (Å²) in [7, 11) is -3.43. The maximum Gasteiger partial charge on any atom is 0.269 e. The van der Waals surface area contributed by atoms with E-state index in [0.717, 1.165) is 26.2 Å². The van der Waals surface area contributed by atoms with E-state index in [2.05, 4.69) is 14.9 Å². The highest BCUT2D eigenvalue weighted by Gasteiger charge is 2.14. The Balaban J connectivity index is 0.00000264. The van der Waals surface area contributed by atoms with Gasteiger partial charge in [0.25, 0.3) is 5.69 Å². The van der Waals surface area contributed by atoms with Crippen molar-refractivity contribution < 1.29 is 13.3 Å². The summed E-state index contributed by atoms with van der Waals surface area (Å²) in [5.74, 6) is -0.174. The molecule has 1 heterocycles. The van der Waals surface area contributed by atoms with E-state index in [9.17, 15) is 18.5 Å². The maximum absolute atomic E-state index is 12.0. The fourth-order valence-electron chi connectivity index (χ4n) is 2.28. The largest absolute Gasteiger partial charge is 0.314 e. The molecule has 138 valence electrons. The van der Waals surface area contributed by atoms with E-state index in [1.54, 1.807) is 0 Å². The summed E-state index contributed by atoms with van der Waals surface area (Å²) in [6.07, 6.45) is 0. The van der Waals surface area contributed by atoms with Gasteiger partial charge in [0.1, 0.15) is 0 Å². The number of piperazine rings is 1. The average molecular weight is 401 g/mol. The van der Waals surface area contributed by atoms with Gasteiger partial charge < -0.3 is 5.32 Å². The molecule has 1 aliphatic heterocycles. The first-order chi connectivity index (χ1) is 10.5. The average Bonchev–Trinajstić information content (AvgIpc) is 2.48. The van der Waals surface area contributed by atoms with Crippen molar-refractivity contribution >= 4 is 40.5 Å². The van der Waals surface area contributed by atoms with Crippen molar-refractivity contribution in [3.63, 3.8) is 0 Å². The molecule has 1 fully saturated rings. The quantitative estimate of drug-likeness (QED) is 0.517. The highest BCUT2D eigenvalue weighted by molar-refractivity contribution is 7.88. The number of rotatable bonds is 7. The van der Waals surface area contributed by atoms with Crippen LogP contribution in [0.15, 0.2) is 24.3 Å². The smallest absolute Gasteiger partial charge is 0.269 e. The first kappa shape index (κ1) is 23.0. The van der Waals surface area contributed by atoms with Crippen LogP contribution in [-0.4, -0.2) is 57.5 Å². The molecule has 0 bridgehead atoms. The molecule has 8 nitrogen and oxygen atoms in total. The molecule has 0 aromatic heterocycles. The van der Waals surface area contributed by atoms with E-state index < -0.39 is 14.9 Å². The van der Waals surface area contributed by atoms with Crippen molar-refractivity contribution in [1.29, 1.82) is 0 Å². The minimum absolute atomic E-state index is 0. The van der Waals surface area contributed by atoms with Crippen LogP contribution >= 0.6 is 24.8 Å². The molecular formula is C13H22Cl2N4O4S. The van der Waals surface area contributed by atoms with Gasteiger partial charge in [-0.1, -0.05) is 12.1 Å². The number of nitro benzene ring substituents is 1. The summed E-state index contributed by atoms with van der Waals surface area (Å²) in [4.78, 5) is 12.2. The molecule has 1 saturated heterocycles. The molecule has 2 N–H and O–H groups in total. The molecule has 0 unspecified atom stereocenters. The van der Waals surface area contributed by atoms with Gasteiger partial charge >= 0.3 is 0 Å². The SMILES string of the molecule is Cl.Cl.O=[N+]([O-])c1ccc(CS(=O)(=O)NCCN2CCNCC2)cc1. The summed E-state index contributed by atoms with van der Waals surface area (Å²) in [5.41, 5.74) is 0.480. The van der Waals surface area contributed by atoms with E-state index in [1.807, 2.05) is 0 Å². The normalized spacial score (nSPS) is 15.2. The molecule has 0 amide bonds. The molecule has 0 atom stereocenters. The van der Waals surface area contributed by atoms with Gasteiger partial charge in [-0.2, -0.15) is 0 Å². The number of hydrogen-bond acceptors (Lipinski definition) is 6. The van der Waals surface area contributed by atoms with Crippen LogP contribution in [0.4, 0.5) is 5.69 Å². The van der Waals surface area contributed by atoms with E-state index in [1.165, 1.54) is 24.3 Å². The number of nitrogens with zero attached hydrogens (tertiary/aromatic N) is 2. The minimum atomic E-state index is -3.43. The number of sulfonamides is 1. The van der Waals surface area contributed by atoms with Gasteiger partial charge in [-0.25, -0.2) is 13.1 Å². The fraction of sp³-hybridized carbons (Fsp3) is 0.538. The summed E-state index contributed by atoms with van der Waals surface area (Å²) in [5, 5.41) is 13.8. The van der Waals surface area contributed by atoms with Crippen molar-refractivity contribution in [2.24, 2.45) is 0 Å². The minimum Gasteiger partial charge on any atom is -0.314 e. The third kappa shape index (κ3) is 7.73. The van der Waals surface area contributed by atoms with Gasteiger partial charge in [-0.05, 0) is 5.56 Å². The van der Waals surface area contributed by atoms with Crippen LogP contribution in [0.25, 0.3) is 0 Å². The van der Waals surface area contributed by atoms with Crippen molar-refractivity contribution in [3.05, 3.63) is 39.9 Å². The molecule has 1 aliphatic rings. The van der Waals surface area contributed by atoms with Crippen LogP contribution in [0.3, 0.4) is 0 Å². The van der Waals surface area contributed by atoms with Gasteiger partial charge in [-0.3, -0.25) is 15.0 Å². The predicted octanol–water partition coefficient (Wildman–Crippen LogP) is 0.763. The van der Waals surface area contributed by atoms with Crippen LogP contribution in [0.1, 0.15) is 5.56 Å². The van der Waals surface area contributed by atoms with Gasteiger partial charge in [0.2, 0.25) is 10.0 Å². The fourth-order valence-corrected chi connectivity index (χ4v) is 3.41. The number of non-ortho nitro benzene ring substituents is 1. The molecule has 0 saturated carbocycles. The lowest BCUT2D eigenvalue weighted by molar-refractivity contribution is -0.384. The Bertz CT molecular complexity index is 607. The lowest BCUT2D eigenvalue weighted by atomic mass is 10.2. The Kier molecular flexibility index (Phi) is 10.4. The molecule has 1 aromatic rings. The van der Waals surface area contributed by atoms with Crippen LogP contribution in [0.2, 0.25) is 0 Å². The Morgan fingerprint density at radius 2 is 1.75 bits per heavy atom. The zero-order valence-electron chi connectivity index (χ0n) is 13.0. The zero-order chi connectivity index (χ0) is 16.0. The van der Waals surface area contributed by atoms with Gasteiger partial charge in [-0.15, -0.1) is 24.8 Å². The van der Waals surface area contributed by atoms with Crippen LogP contribution in [0, 0.1) is 10.1 Å². The van der Waals surface area contributed by atoms with E-state index in [4.69, 9.17) is 0 Å². The summed E-state index contributed by atoms with van der Waals surface area (Å²) in [6.45, 7) is 4.75. The highest BCUT2D eigenvalue weighted by atomic mass is 35.5. The number of nitrogens with one attached hydrogen (secondary N) is 2. The number of hydrogen-bond donors (Lipinski definition) is 2. The molecular weight excluding hydrogens is 379 g/mol. The van der Waals surface area contributed by atoms with Crippen molar-refractivity contribution in [3.8, 4) is 0 Å². The third-order valence-electron chi connectivity index (χ3n) is 3.46. The first-order valence-electron chi connectivity index (χ1n) is 7.10. The van der Waals surface area contributed by atoms with Crippen molar-refractivity contribution in [2.45, 2.75) is 5.75 Å². The molecule has 2 rings (SSSR count). The lowest BCUT2D eigenvalue weighted by Gasteiger charge is -2.27. The Hall–Kier alpha value is -0.970. The second kappa shape index (κ2) is 10.8. The van der Waals surface area contributed by atoms with Gasteiger partial charge in [0.05, 0.1) is 10.7 Å². The standard InChI is InChI=1S/C13H20N4O4S.2ClH/c18-17(19)13-3-1-12(2-4-13)11-22(20,21)15-7-10-16-8-5-14-6-9-16;;/h1-4,14-15H,5-11H2;2*1H.